The summed E-state index contributed by atoms with van der Waals surface area (Å²) < 4.78 is 51.7. The van der Waals surface area contributed by atoms with Gasteiger partial charge in [-0.05, 0) is 43.4 Å². The highest BCUT2D eigenvalue weighted by molar-refractivity contribution is 7.16. The molecule has 0 N–H and O–H groups in total. The number of rotatable bonds is 7. The Hall–Kier alpha value is -3.25. The number of alkyl halides is 2. The van der Waals surface area contributed by atoms with Gasteiger partial charge in [0, 0.05) is 25.8 Å². The number of hydrogen-bond donors (Lipinski definition) is 0. The Morgan fingerprint density at radius 1 is 1.21 bits per heavy atom. The predicted molar refractivity (Wildman–Crippen MR) is 161 cm³/mol. The van der Waals surface area contributed by atoms with Gasteiger partial charge in [-0.1, -0.05) is 40.2 Å². The fraction of sp³-hybridized carbons (Fsp3) is 0.533. The number of thiazole rings is 1. The third-order valence-electron chi connectivity index (χ3n) is 6.96. The van der Waals surface area contributed by atoms with E-state index in [0.29, 0.717) is 50.7 Å². The Kier molecular flexibility index (Phi) is 13.0. The molecule has 3 aromatic rings. The summed E-state index contributed by atoms with van der Waals surface area (Å²) in [5.41, 5.74) is 3.44. The van der Waals surface area contributed by atoms with Crippen LogP contribution in [0.25, 0.3) is 10.2 Å². The fourth-order valence-electron chi connectivity index (χ4n) is 4.18. The number of fused-ring (bicyclic) bond motifs is 1. The summed E-state index contributed by atoms with van der Waals surface area (Å²) in [5.74, 6) is -0.649. The number of nitrogens with zero attached hydrogens (tertiary/aromatic N) is 5. The van der Waals surface area contributed by atoms with E-state index in [1.54, 1.807) is 16.5 Å². The Labute approximate surface area is 249 Å². The highest BCUT2D eigenvalue weighted by Crippen LogP contribution is 2.30. The number of morpholine rings is 1. The van der Waals surface area contributed by atoms with Gasteiger partial charge in [0.15, 0.2) is 5.69 Å². The number of aromatic nitrogens is 2. The first-order valence-corrected chi connectivity index (χ1v) is 15.3. The van der Waals surface area contributed by atoms with E-state index in [1.165, 1.54) is 22.3 Å². The molecule has 2 aliphatic rings. The van der Waals surface area contributed by atoms with Crippen LogP contribution >= 0.6 is 11.3 Å². The number of hydrogen-bond acceptors (Lipinski definition) is 8. The van der Waals surface area contributed by atoms with Crippen LogP contribution in [0.15, 0.2) is 44.4 Å². The van der Waals surface area contributed by atoms with Crippen molar-refractivity contribution in [3.05, 3.63) is 52.3 Å². The van der Waals surface area contributed by atoms with Gasteiger partial charge in [-0.15, -0.1) is 11.3 Å². The Morgan fingerprint density at radius 3 is 2.62 bits per heavy atom. The highest BCUT2D eigenvalue weighted by atomic mass is 32.1. The number of ether oxygens (including phenoxy) is 1. The second-order valence-corrected chi connectivity index (χ2v) is 10.7. The van der Waals surface area contributed by atoms with Crippen molar-refractivity contribution < 1.29 is 27.1 Å². The van der Waals surface area contributed by atoms with Crippen molar-refractivity contribution in [3.8, 4) is 0 Å². The lowest BCUT2D eigenvalue weighted by Crippen LogP contribution is -2.37. The zero-order chi connectivity index (χ0) is 30.6. The number of benzene rings is 1. The van der Waals surface area contributed by atoms with Gasteiger partial charge in [0.1, 0.15) is 11.3 Å². The highest BCUT2D eigenvalue weighted by Gasteiger charge is 2.33. The van der Waals surface area contributed by atoms with Crippen molar-refractivity contribution in [1.29, 1.82) is 0 Å². The van der Waals surface area contributed by atoms with E-state index in [0.717, 1.165) is 28.8 Å². The monoisotopic (exact) mass is 607 g/mol. The van der Waals surface area contributed by atoms with Crippen LogP contribution in [0, 0.1) is 11.7 Å². The molecule has 1 aromatic carbocycles. The number of carbonyl (C=O) groups excluding carboxylic acids is 1. The lowest BCUT2D eigenvalue weighted by molar-refractivity contribution is 0.0714. The van der Waals surface area contributed by atoms with Gasteiger partial charge in [0.05, 0.1) is 35.7 Å². The van der Waals surface area contributed by atoms with E-state index < -0.39 is 18.0 Å². The molecule has 12 heteroatoms. The third kappa shape index (κ3) is 8.64. The predicted octanol–water partition coefficient (Wildman–Crippen LogP) is 7.54. The van der Waals surface area contributed by atoms with Crippen LogP contribution in [0.5, 0.6) is 0 Å². The van der Waals surface area contributed by atoms with Crippen LogP contribution in [0.4, 0.5) is 19.2 Å². The molecular formula is C30H40F3N5O3S. The van der Waals surface area contributed by atoms with Gasteiger partial charge in [-0.25, -0.2) is 18.2 Å². The summed E-state index contributed by atoms with van der Waals surface area (Å²) in [6.45, 7) is 12.9. The summed E-state index contributed by atoms with van der Waals surface area (Å²) in [6.07, 6.45) is 1.58. The van der Waals surface area contributed by atoms with Crippen LogP contribution in [-0.2, 0) is 4.74 Å². The molecule has 1 amide bonds. The van der Waals surface area contributed by atoms with Crippen molar-refractivity contribution in [2.45, 2.75) is 60.3 Å². The molecule has 1 fully saturated rings. The quantitative estimate of drug-likeness (QED) is 0.258. The molecule has 0 bridgehead atoms. The lowest BCUT2D eigenvalue weighted by atomic mass is 10.1. The molecule has 1 saturated heterocycles. The molecule has 42 heavy (non-hydrogen) atoms. The average molecular weight is 608 g/mol. The minimum Gasteiger partial charge on any atom is -0.418 e. The fourth-order valence-corrected chi connectivity index (χ4v) is 4.87. The zero-order valence-corrected chi connectivity index (χ0v) is 25.7. The summed E-state index contributed by atoms with van der Waals surface area (Å²) in [7, 11) is 0. The standard InChI is InChI=1S/C21H30F2N4O3.C7H4FNS.C2H6/c1-4-14(2)5-7-24-16-13-27(8-6-15(16)3)20(28)18-17(19(22)23)25-21(30-18)26-9-11-29-12-10-26;8-5-2-1-3-6-7(5)9-4-10-6;1-2/h7,14,19H,4-6,8-13H2,1-3H3;1-4H;1-2H3. The molecule has 8 nitrogen and oxygen atoms in total. The first-order valence-electron chi connectivity index (χ1n) is 14.4. The molecule has 2 aliphatic heterocycles. The molecule has 0 radical (unpaired) electrons. The van der Waals surface area contributed by atoms with Crippen molar-refractivity contribution in [1.82, 2.24) is 14.9 Å². The van der Waals surface area contributed by atoms with Crippen LogP contribution in [0.3, 0.4) is 0 Å². The van der Waals surface area contributed by atoms with E-state index >= 15 is 0 Å². The summed E-state index contributed by atoms with van der Waals surface area (Å²) in [4.78, 5) is 28.6. The molecule has 0 aliphatic carbocycles. The largest absolute Gasteiger partial charge is 0.418 e. The number of para-hydroxylation sites is 1. The second-order valence-electron chi connectivity index (χ2n) is 9.81. The van der Waals surface area contributed by atoms with Gasteiger partial charge in [-0.2, -0.15) is 4.98 Å². The number of aliphatic imine (C=N–C) groups is 1. The maximum atomic E-state index is 13.6. The smallest absolute Gasteiger partial charge is 0.298 e. The Morgan fingerprint density at radius 2 is 1.95 bits per heavy atom. The molecule has 2 aromatic heterocycles. The molecule has 5 rings (SSSR count). The van der Waals surface area contributed by atoms with E-state index in [-0.39, 0.29) is 24.1 Å². The van der Waals surface area contributed by atoms with Gasteiger partial charge in [0.25, 0.3) is 18.3 Å². The van der Waals surface area contributed by atoms with Crippen LogP contribution < -0.4 is 4.90 Å². The van der Waals surface area contributed by atoms with Gasteiger partial charge in [0.2, 0.25) is 5.76 Å². The van der Waals surface area contributed by atoms with E-state index in [9.17, 15) is 18.0 Å². The molecular weight excluding hydrogens is 567 g/mol. The molecule has 230 valence electrons. The number of oxazole rings is 1. The maximum Gasteiger partial charge on any atom is 0.298 e. The van der Waals surface area contributed by atoms with Crippen molar-refractivity contribution in [3.63, 3.8) is 0 Å². The number of anilines is 1. The van der Waals surface area contributed by atoms with Gasteiger partial charge < -0.3 is 19.0 Å². The maximum absolute atomic E-state index is 13.6. The molecule has 0 saturated carbocycles. The SMILES string of the molecule is CC.CCC(C)CC=NC1=C(C)CCN(C(=O)c2oc(N3CCOCC3)nc2C(F)F)C1.Fc1cccc2scnc12. The topological polar surface area (TPSA) is 84.1 Å². The first kappa shape index (κ1) is 33.3. The van der Waals surface area contributed by atoms with Crippen LogP contribution in [0.1, 0.15) is 76.6 Å². The Balaban J connectivity index is 0.000000334. The normalized spacial score (nSPS) is 16.4. The molecule has 0 spiro atoms. The average Bonchev–Trinajstić information content (AvgIpc) is 3.68. The van der Waals surface area contributed by atoms with Gasteiger partial charge >= 0.3 is 0 Å². The van der Waals surface area contributed by atoms with Crippen molar-refractivity contribution in [2.24, 2.45) is 10.9 Å². The number of amides is 1. The summed E-state index contributed by atoms with van der Waals surface area (Å²) in [5, 5.41) is 0. The Bertz CT molecular complexity index is 1350. The van der Waals surface area contributed by atoms with E-state index in [2.05, 4.69) is 28.8 Å². The zero-order valence-electron chi connectivity index (χ0n) is 24.9. The molecule has 1 atom stereocenters. The number of carbonyl (C=O) groups is 1. The molecule has 4 heterocycles. The minimum absolute atomic E-state index is 0.0486. The van der Waals surface area contributed by atoms with Gasteiger partial charge in [-0.3, -0.25) is 9.79 Å². The third-order valence-corrected chi connectivity index (χ3v) is 7.76. The summed E-state index contributed by atoms with van der Waals surface area (Å²) >= 11 is 1.45. The van der Waals surface area contributed by atoms with Crippen LogP contribution in [0.2, 0.25) is 0 Å². The lowest BCUT2D eigenvalue weighted by Gasteiger charge is -2.28. The minimum atomic E-state index is -2.89. The van der Waals surface area contributed by atoms with E-state index in [1.807, 2.05) is 33.1 Å². The van der Waals surface area contributed by atoms with Crippen LogP contribution in [-0.4, -0.2) is 66.4 Å². The molecule has 1 unspecified atom stereocenters. The second kappa shape index (κ2) is 16.4. The first-order chi connectivity index (χ1) is 20.3. The van der Waals surface area contributed by atoms with Crippen molar-refractivity contribution >= 4 is 39.7 Å². The number of halogens is 3. The van der Waals surface area contributed by atoms with Crippen molar-refractivity contribution in [2.75, 3.05) is 44.3 Å². The summed E-state index contributed by atoms with van der Waals surface area (Å²) in [6, 6.07) is 5.01. The van der Waals surface area contributed by atoms with E-state index in [4.69, 9.17) is 9.15 Å².